The Morgan fingerprint density at radius 1 is 0.679 bits per heavy atom. The molecular weight excluding hydrogens is 1090 g/mol. The third-order valence-electron chi connectivity index (χ3n) is 13.1. The van der Waals surface area contributed by atoms with Crippen molar-refractivity contribution >= 4 is 80.6 Å². The molecule has 25 heteroatoms. The number of nitrogens with two attached hydrogens (primary N) is 1. The summed E-state index contributed by atoms with van der Waals surface area (Å²) in [6, 6.07) is 21.3. The molecule has 0 saturated carbocycles. The van der Waals surface area contributed by atoms with Crippen molar-refractivity contribution in [1.82, 2.24) is 29.3 Å². The number of aryl methyl sites for hydroxylation is 1. The molecule has 6 N–H and O–H groups in total. The topological polar surface area (TPSA) is 189 Å². The van der Waals surface area contributed by atoms with Crippen molar-refractivity contribution in [2.24, 2.45) is 23.9 Å². The molecule has 0 unspecified atom stereocenters. The highest BCUT2D eigenvalue weighted by atomic mass is 32.1. The number of carbonyl (C=O) groups excluding carboxylic acids is 2. The number of nitrogen functional groups attached to an aromatic ring is 1. The van der Waals surface area contributed by atoms with Crippen molar-refractivity contribution < 1.29 is 54.2 Å². The van der Waals surface area contributed by atoms with Gasteiger partial charge in [-0.15, -0.1) is 0 Å². The van der Waals surface area contributed by atoms with Gasteiger partial charge in [0, 0.05) is 50.8 Å². The number of thiocarbonyl (C=S) groups is 1. The lowest BCUT2D eigenvalue weighted by Gasteiger charge is -2.29. The third kappa shape index (κ3) is 17.6. The molecular formula is C56H58F8N12O4S. The number of aliphatic imine (C=N–C) groups is 1. The molecule has 0 aliphatic carbocycles. The number of piperidine rings is 2. The normalized spacial score (nSPS) is 14.3. The lowest BCUT2D eigenvalue weighted by Crippen LogP contribution is -2.38. The van der Waals surface area contributed by atoms with E-state index in [2.05, 4.69) is 77.1 Å². The van der Waals surface area contributed by atoms with Crippen LogP contribution >= 0.6 is 12.2 Å². The molecule has 2 saturated heterocycles. The van der Waals surface area contributed by atoms with Gasteiger partial charge in [0.25, 0.3) is 0 Å². The molecule has 428 valence electrons. The molecule has 0 atom stereocenters. The van der Waals surface area contributed by atoms with Crippen LogP contribution in [0.1, 0.15) is 50.7 Å². The first kappa shape index (κ1) is 60.4. The Labute approximate surface area is 466 Å². The van der Waals surface area contributed by atoms with E-state index in [-0.39, 0.29) is 23.5 Å². The van der Waals surface area contributed by atoms with E-state index >= 15 is 0 Å². The zero-order chi connectivity index (χ0) is 58.4. The molecule has 0 bridgehead atoms. The van der Waals surface area contributed by atoms with E-state index in [0.717, 1.165) is 69.5 Å². The molecule has 2 amide bonds. The molecule has 16 nitrogen and oxygen atoms in total. The number of imidazole rings is 1. The second-order valence-electron chi connectivity index (χ2n) is 19.3. The zero-order valence-corrected chi connectivity index (χ0v) is 45.2. The molecule has 4 aromatic carbocycles. The number of halogens is 8. The lowest BCUT2D eigenvalue weighted by atomic mass is 9.99. The molecule has 9 rings (SSSR count). The number of nitrogens with one attached hydrogen (secondary N) is 4. The molecule has 7 aromatic rings. The number of aromatic nitrogens is 4. The molecule has 2 fully saturated rings. The standard InChI is InChI=1S/C28H28F4N6O2.C20H27N5O2.C8H3F4NS/c1-17-8-11-38(12-9-17)16-26(39)36-25-15-20(7-10-33-25)40-19-4-6-24-23(14-19)35-27(37(24)2)34-22-13-18(28(30,31)32)3-5-21(22)29;1-14-6-9-25(10-7-14)13-20(26)24-19-12-16(5-8-23-19)27-15-3-4-18(22-2)17(21)11-15;9-6-2-1-5(8(10,11)12)3-7(6)13-4-14/h3-7,10,13-15,17H,8-9,11-12,16H2,1-2H3,(H,34,35)(H,33,36,39);3-5,8,11-12,14,22H,6-7,9-10,13,21H2,1-2H3,(H,23,24,26);1-3H. The molecule has 81 heavy (non-hydrogen) atoms. The Hall–Kier alpha value is -8.25. The minimum absolute atomic E-state index is 0.0585. The number of rotatable bonds is 14. The van der Waals surface area contributed by atoms with Gasteiger partial charge in [0.2, 0.25) is 17.8 Å². The Bertz CT molecular complexity index is 3360. The maximum Gasteiger partial charge on any atom is 0.416 e. The number of isothiocyanates is 1. The summed E-state index contributed by atoms with van der Waals surface area (Å²) in [4.78, 5) is 45.1. The summed E-state index contributed by atoms with van der Waals surface area (Å²) in [7, 11) is 3.47. The first-order valence-electron chi connectivity index (χ1n) is 25.5. The van der Waals surface area contributed by atoms with Crippen LogP contribution in [-0.4, -0.2) is 92.6 Å². The maximum atomic E-state index is 14.3. The van der Waals surface area contributed by atoms with Gasteiger partial charge in [-0.3, -0.25) is 19.4 Å². The van der Waals surface area contributed by atoms with E-state index in [0.29, 0.717) is 101 Å². The number of nitrogens with zero attached hydrogens (tertiary/aromatic N) is 7. The lowest BCUT2D eigenvalue weighted by molar-refractivity contribution is -0.138. The minimum atomic E-state index is -4.61. The van der Waals surface area contributed by atoms with Gasteiger partial charge >= 0.3 is 12.4 Å². The van der Waals surface area contributed by atoms with Crippen LogP contribution in [0.2, 0.25) is 0 Å². The van der Waals surface area contributed by atoms with Crippen LogP contribution in [0.15, 0.2) is 114 Å². The summed E-state index contributed by atoms with van der Waals surface area (Å²) in [5.74, 6) is 2.60. The fraction of sp³-hybridized carbons (Fsp3) is 0.321. The highest BCUT2D eigenvalue weighted by Gasteiger charge is 2.32. The van der Waals surface area contributed by atoms with Crippen molar-refractivity contribution in [3.05, 3.63) is 132 Å². The number of hydrogen-bond donors (Lipinski definition) is 5. The predicted molar refractivity (Wildman–Crippen MR) is 297 cm³/mol. The highest BCUT2D eigenvalue weighted by molar-refractivity contribution is 7.78. The number of amides is 2. The van der Waals surface area contributed by atoms with E-state index in [1.54, 1.807) is 71.5 Å². The van der Waals surface area contributed by atoms with Crippen LogP contribution in [-0.2, 0) is 29.0 Å². The number of ether oxygens (including phenoxy) is 2. The first-order chi connectivity index (χ1) is 38.5. The molecule has 0 spiro atoms. The van der Waals surface area contributed by atoms with Gasteiger partial charge in [-0.25, -0.2) is 23.7 Å². The van der Waals surface area contributed by atoms with Crippen molar-refractivity contribution in [3.8, 4) is 23.0 Å². The number of likely N-dealkylation sites (tertiary alicyclic amines) is 2. The Balaban J connectivity index is 0.000000198. The van der Waals surface area contributed by atoms with Crippen molar-refractivity contribution in [2.45, 2.75) is 51.9 Å². The van der Waals surface area contributed by atoms with Crippen molar-refractivity contribution in [1.29, 1.82) is 0 Å². The second-order valence-corrected chi connectivity index (χ2v) is 19.5. The van der Waals surface area contributed by atoms with Gasteiger partial charge in [0.15, 0.2) is 0 Å². The van der Waals surface area contributed by atoms with Crippen LogP contribution in [0, 0.1) is 23.5 Å². The van der Waals surface area contributed by atoms with Crippen LogP contribution < -0.4 is 36.5 Å². The van der Waals surface area contributed by atoms with Crippen LogP contribution in [0.4, 0.5) is 75.5 Å². The number of carbonyl (C=O) groups is 2. The largest absolute Gasteiger partial charge is 0.457 e. The molecule has 5 heterocycles. The Morgan fingerprint density at radius 3 is 1.68 bits per heavy atom. The van der Waals surface area contributed by atoms with Crippen LogP contribution in [0.5, 0.6) is 23.0 Å². The molecule has 2 aliphatic rings. The summed E-state index contributed by atoms with van der Waals surface area (Å²) in [5, 5.41) is 13.1. The summed E-state index contributed by atoms with van der Waals surface area (Å²) in [5.41, 5.74) is 5.80. The molecule has 2 aliphatic heterocycles. The monoisotopic (exact) mass is 1150 g/mol. The second kappa shape index (κ2) is 27.3. The summed E-state index contributed by atoms with van der Waals surface area (Å²) in [6.07, 6.45) is -1.54. The summed E-state index contributed by atoms with van der Waals surface area (Å²) >= 11 is 4.17. The van der Waals surface area contributed by atoms with Gasteiger partial charge in [-0.2, -0.15) is 31.3 Å². The zero-order valence-electron chi connectivity index (χ0n) is 44.4. The fourth-order valence-electron chi connectivity index (χ4n) is 8.50. The first-order valence-corrected chi connectivity index (χ1v) is 25.9. The Morgan fingerprint density at radius 2 is 1.17 bits per heavy atom. The Kier molecular flexibility index (Phi) is 20.3. The molecule has 0 radical (unpaired) electrons. The average molecular weight is 1150 g/mol. The quantitative estimate of drug-likeness (QED) is 0.0300. The van der Waals surface area contributed by atoms with Gasteiger partial charge in [0.05, 0.1) is 57.5 Å². The van der Waals surface area contributed by atoms with E-state index in [9.17, 15) is 44.7 Å². The van der Waals surface area contributed by atoms with E-state index in [4.69, 9.17) is 15.2 Å². The number of alkyl halides is 6. The minimum Gasteiger partial charge on any atom is -0.457 e. The van der Waals surface area contributed by atoms with E-state index < -0.39 is 40.8 Å². The van der Waals surface area contributed by atoms with Gasteiger partial charge in [-0.05, 0) is 149 Å². The number of benzene rings is 4. The highest BCUT2D eigenvalue weighted by Crippen LogP contribution is 2.36. The van der Waals surface area contributed by atoms with E-state index in [1.807, 2.05) is 19.2 Å². The van der Waals surface area contributed by atoms with Crippen LogP contribution in [0.3, 0.4) is 0 Å². The number of anilines is 6. The van der Waals surface area contributed by atoms with Crippen LogP contribution in [0.25, 0.3) is 11.0 Å². The van der Waals surface area contributed by atoms with Gasteiger partial charge in [0.1, 0.15) is 52.0 Å². The summed E-state index contributed by atoms with van der Waals surface area (Å²) in [6.45, 7) is 8.89. The predicted octanol–water partition coefficient (Wildman–Crippen LogP) is 13.1. The van der Waals surface area contributed by atoms with Gasteiger partial charge < -0.3 is 41.0 Å². The molecule has 3 aromatic heterocycles. The average Bonchev–Trinajstić information content (AvgIpc) is 4.03. The van der Waals surface area contributed by atoms with E-state index in [1.165, 1.54) is 6.20 Å². The third-order valence-corrected chi connectivity index (χ3v) is 13.2. The summed E-state index contributed by atoms with van der Waals surface area (Å²) < 4.78 is 116. The maximum absolute atomic E-state index is 14.3. The number of hydrogen-bond acceptors (Lipinski definition) is 14. The number of fused-ring (bicyclic) bond motifs is 1. The van der Waals surface area contributed by atoms with Crippen molar-refractivity contribution in [3.63, 3.8) is 0 Å². The number of pyridine rings is 2. The van der Waals surface area contributed by atoms with Crippen molar-refractivity contribution in [2.75, 3.05) is 73.3 Å². The smallest absolute Gasteiger partial charge is 0.416 e. The van der Waals surface area contributed by atoms with Gasteiger partial charge in [-0.1, -0.05) is 13.8 Å². The SMILES string of the molecule is CC1CCN(CC(=O)Nc2cc(Oc3ccc4c(c3)nc(Nc3cc(C(F)(F)F)ccc3F)n4C)ccn2)CC1.CNc1ccc(Oc2ccnc(NC(=O)CN3CCC(C)CC3)c2)cc1N.Fc1ccc(C(F)(F)F)cc1N=C=S. The fourth-order valence-corrected chi connectivity index (χ4v) is 8.60.